The minimum absolute atomic E-state index is 0.214. The molecule has 0 aromatic heterocycles. The molecule has 1 N–H and O–H groups in total. The molecule has 1 aliphatic rings. The quantitative estimate of drug-likeness (QED) is 0.928. The molecule has 0 amide bonds. The normalized spacial score (nSPS) is 20.5. The first-order valence-corrected chi connectivity index (χ1v) is 8.62. The molecule has 20 heavy (non-hydrogen) atoms. The molecule has 0 saturated carbocycles. The van der Waals surface area contributed by atoms with Crippen molar-refractivity contribution in [3.05, 3.63) is 28.3 Å². The van der Waals surface area contributed by atoms with E-state index in [9.17, 15) is 13.5 Å². The number of sulfonamides is 1. The topological polar surface area (TPSA) is 57.6 Å². The molecule has 0 bridgehead atoms. The number of rotatable bonds is 4. The fourth-order valence-electron chi connectivity index (χ4n) is 2.63. The van der Waals surface area contributed by atoms with Crippen LogP contribution in [0.4, 0.5) is 0 Å². The van der Waals surface area contributed by atoms with Crippen LogP contribution in [-0.2, 0) is 16.6 Å². The fourth-order valence-corrected chi connectivity index (χ4v) is 4.76. The molecule has 1 aromatic rings. The zero-order valence-electron chi connectivity index (χ0n) is 11.8. The Bertz CT molecular complexity index is 601. The summed E-state index contributed by atoms with van der Waals surface area (Å²) >= 11 is 5.98. The average Bonchev–Trinajstić information content (AvgIpc) is 2.90. The molecule has 6 heteroatoms. The van der Waals surface area contributed by atoms with Crippen molar-refractivity contribution in [2.45, 2.75) is 38.2 Å². The Morgan fingerprint density at radius 2 is 2.15 bits per heavy atom. The molecule has 2 rings (SSSR count). The molecule has 1 aliphatic heterocycles. The largest absolute Gasteiger partial charge is 0.392 e. The minimum atomic E-state index is -3.53. The Labute approximate surface area is 125 Å². The van der Waals surface area contributed by atoms with Gasteiger partial charge in [-0.1, -0.05) is 24.9 Å². The van der Waals surface area contributed by atoms with E-state index in [2.05, 4.69) is 6.92 Å². The number of nitrogens with zero attached hydrogens (tertiary/aromatic N) is 1. The standard InChI is InChI=1S/C14H20ClNO3S/c1-3-11-4-5-16(8-11)20(18,19)14-7-13(15)6-12(9-17)10(14)2/h6-7,11,17H,3-5,8-9H2,1-2H3. The molecule has 112 valence electrons. The SMILES string of the molecule is CCC1CCN(S(=O)(=O)c2cc(Cl)cc(CO)c2C)C1. The lowest BCUT2D eigenvalue weighted by molar-refractivity contribution is 0.280. The Morgan fingerprint density at radius 1 is 1.45 bits per heavy atom. The van der Waals surface area contributed by atoms with E-state index >= 15 is 0 Å². The third-order valence-corrected chi connectivity index (χ3v) is 6.26. The van der Waals surface area contributed by atoms with Gasteiger partial charge in [0.15, 0.2) is 0 Å². The maximum Gasteiger partial charge on any atom is 0.243 e. The summed E-state index contributed by atoms with van der Waals surface area (Å²) in [6, 6.07) is 3.08. The molecule has 0 radical (unpaired) electrons. The van der Waals surface area contributed by atoms with Crippen molar-refractivity contribution in [1.82, 2.24) is 4.31 Å². The van der Waals surface area contributed by atoms with Gasteiger partial charge in [-0.25, -0.2) is 8.42 Å². The second kappa shape index (κ2) is 6.02. The number of aliphatic hydroxyl groups excluding tert-OH is 1. The van der Waals surface area contributed by atoms with Crippen LogP contribution >= 0.6 is 11.6 Å². The van der Waals surface area contributed by atoms with E-state index in [0.717, 1.165) is 12.8 Å². The smallest absolute Gasteiger partial charge is 0.243 e. The Morgan fingerprint density at radius 3 is 2.70 bits per heavy atom. The summed E-state index contributed by atoms with van der Waals surface area (Å²) < 4.78 is 27.0. The van der Waals surface area contributed by atoms with Gasteiger partial charge in [0.05, 0.1) is 11.5 Å². The molecule has 1 atom stereocenters. The molecule has 0 aliphatic carbocycles. The molecule has 4 nitrogen and oxygen atoms in total. The van der Waals surface area contributed by atoms with Gasteiger partial charge in [0.2, 0.25) is 10.0 Å². The maximum absolute atomic E-state index is 12.7. The zero-order chi connectivity index (χ0) is 14.9. The predicted octanol–water partition coefficient (Wildman–Crippen LogP) is 2.56. The van der Waals surface area contributed by atoms with Crippen LogP contribution in [0.2, 0.25) is 5.02 Å². The van der Waals surface area contributed by atoms with Gasteiger partial charge in [0, 0.05) is 18.1 Å². The van der Waals surface area contributed by atoms with Crippen molar-refractivity contribution < 1.29 is 13.5 Å². The van der Waals surface area contributed by atoms with Crippen LogP contribution in [0.1, 0.15) is 30.9 Å². The van der Waals surface area contributed by atoms with Gasteiger partial charge in [0.25, 0.3) is 0 Å². The minimum Gasteiger partial charge on any atom is -0.392 e. The summed E-state index contributed by atoms with van der Waals surface area (Å²) in [5.41, 5.74) is 1.14. The molecule has 1 heterocycles. The van der Waals surface area contributed by atoms with Crippen molar-refractivity contribution in [2.75, 3.05) is 13.1 Å². The van der Waals surface area contributed by atoms with E-state index in [1.165, 1.54) is 10.4 Å². The summed E-state index contributed by atoms with van der Waals surface area (Å²) in [4.78, 5) is 0.214. The fraction of sp³-hybridized carbons (Fsp3) is 0.571. The monoisotopic (exact) mass is 317 g/mol. The predicted molar refractivity (Wildman–Crippen MR) is 79.3 cm³/mol. The summed E-state index contributed by atoms with van der Waals surface area (Å²) in [7, 11) is -3.53. The molecule has 0 spiro atoms. The van der Waals surface area contributed by atoms with E-state index < -0.39 is 10.0 Å². The van der Waals surface area contributed by atoms with Crippen LogP contribution < -0.4 is 0 Å². The highest BCUT2D eigenvalue weighted by atomic mass is 35.5. The number of aliphatic hydroxyl groups is 1. The lowest BCUT2D eigenvalue weighted by Gasteiger charge is -2.19. The molecule has 1 saturated heterocycles. The second-order valence-electron chi connectivity index (χ2n) is 5.27. The molecule has 1 fully saturated rings. The van der Waals surface area contributed by atoms with Crippen molar-refractivity contribution in [2.24, 2.45) is 5.92 Å². The van der Waals surface area contributed by atoms with E-state index in [1.54, 1.807) is 13.0 Å². The van der Waals surface area contributed by atoms with Crippen LogP contribution in [0.25, 0.3) is 0 Å². The summed E-state index contributed by atoms with van der Waals surface area (Å²) in [6.45, 7) is 4.70. The Kier molecular flexibility index (Phi) is 4.74. The van der Waals surface area contributed by atoms with Crippen LogP contribution in [0.15, 0.2) is 17.0 Å². The first kappa shape index (κ1) is 15.8. The third-order valence-electron chi connectivity index (χ3n) is 4.05. The van der Waals surface area contributed by atoms with E-state index in [0.29, 0.717) is 35.2 Å². The van der Waals surface area contributed by atoms with Gasteiger partial charge in [-0.15, -0.1) is 0 Å². The summed E-state index contributed by atoms with van der Waals surface area (Å²) in [5, 5.41) is 9.65. The molecular weight excluding hydrogens is 298 g/mol. The Hall–Kier alpha value is -0.620. The van der Waals surface area contributed by atoms with Gasteiger partial charge >= 0.3 is 0 Å². The maximum atomic E-state index is 12.7. The average molecular weight is 318 g/mol. The number of halogens is 1. The lowest BCUT2D eigenvalue weighted by atomic mass is 10.1. The van der Waals surface area contributed by atoms with Crippen molar-refractivity contribution in [3.8, 4) is 0 Å². The number of hydrogen-bond acceptors (Lipinski definition) is 3. The second-order valence-corrected chi connectivity index (χ2v) is 7.61. The van der Waals surface area contributed by atoms with Gasteiger partial charge in [-0.3, -0.25) is 0 Å². The van der Waals surface area contributed by atoms with Crippen molar-refractivity contribution >= 4 is 21.6 Å². The van der Waals surface area contributed by atoms with E-state index in [1.807, 2.05) is 0 Å². The van der Waals surface area contributed by atoms with Crippen LogP contribution in [0.3, 0.4) is 0 Å². The van der Waals surface area contributed by atoms with Gasteiger partial charge in [0.1, 0.15) is 0 Å². The first-order chi connectivity index (χ1) is 9.40. The van der Waals surface area contributed by atoms with Gasteiger partial charge < -0.3 is 5.11 Å². The first-order valence-electron chi connectivity index (χ1n) is 6.80. The van der Waals surface area contributed by atoms with E-state index in [-0.39, 0.29) is 11.5 Å². The summed E-state index contributed by atoms with van der Waals surface area (Å²) in [6.07, 6.45) is 1.89. The van der Waals surface area contributed by atoms with Crippen molar-refractivity contribution in [3.63, 3.8) is 0 Å². The van der Waals surface area contributed by atoms with Crippen LogP contribution in [-0.4, -0.2) is 30.9 Å². The van der Waals surface area contributed by atoms with Crippen LogP contribution in [0.5, 0.6) is 0 Å². The van der Waals surface area contributed by atoms with Gasteiger partial charge in [-0.2, -0.15) is 4.31 Å². The molecule has 1 unspecified atom stereocenters. The molecular formula is C14H20ClNO3S. The Balaban J connectivity index is 2.42. The highest BCUT2D eigenvalue weighted by Gasteiger charge is 2.33. The van der Waals surface area contributed by atoms with E-state index in [4.69, 9.17) is 11.6 Å². The molecule has 1 aromatic carbocycles. The lowest BCUT2D eigenvalue weighted by Crippen LogP contribution is -2.29. The summed E-state index contributed by atoms with van der Waals surface area (Å²) in [5.74, 6) is 0.432. The highest BCUT2D eigenvalue weighted by Crippen LogP contribution is 2.30. The highest BCUT2D eigenvalue weighted by molar-refractivity contribution is 7.89. The number of benzene rings is 1. The van der Waals surface area contributed by atoms with Crippen molar-refractivity contribution in [1.29, 1.82) is 0 Å². The third kappa shape index (κ3) is 2.86. The van der Waals surface area contributed by atoms with Gasteiger partial charge in [-0.05, 0) is 42.5 Å². The zero-order valence-corrected chi connectivity index (χ0v) is 13.3. The van der Waals surface area contributed by atoms with Crippen LogP contribution in [0, 0.1) is 12.8 Å². The number of hydrogen-bond donors (Lipinski definition) is 1.